The van der Waals surface area contributed by atoms with Crippen molar-refractivity contribution in [2.24, 2.45) is 5.92 Å². The molecule has 0 spiro atoms. The lowest BCUT2D eigenvalue weighted by molar-refractivity contribution is -0.138. The van der Waals surface area contributed by atoms with Crippen molar-refractivity contribution in [3.05, 3.63) is 59.7 Å². The minimum absolute atomic E-state index is 0.0210. The van der Waals surface area contributed by atoms with E-state index < -0.39 is 21.6 Å². The molecule has 9 nitrogen and oxygen atoms in total. The van der Waals surface area contributed by atoms with E-state index in [-0.39, 0.29) is 28.8 Å². The predicted octanol–water partition coefficient (Wildman–Crippen LogP) is 3.54. The number of rotatable bonds is 7. The first kappa shape index (κ1) is 27.3. The van der Waals surface area contributed by atoms with E-state index in [9.17, 15) is 26.4 Å². The van der Waals surface area contributed by atoms with Crippen LogP contribution in [0, 0.1) is 5.92 Å². The van der Waals surface area contributed by atoms with Gasteiger partial charge in [0.1, 0.15) is 0 Å². The number of hydrogen-bond acceptors (Lipinski definition) is 8. The highest BCUT2D eigenvalue weighted by Gasteiger charge is 2.33. The molecule has 1 aliphatic rings. The summed E-state index contributed by atoms with van der Waals surface area (Å²) >= 11 is 0. The highest BCUT2D eigenvalue weighted by molar-refractivity contribution is 7.90. The SMILES string of the molecule is CNc1nc(-c2ccc(S(C)(=O)=O)cc2)nc(N2CCC(C(=O)NCc3ccccc3C(F)(F)F)CC2)n1. The van der Waals surface area contributed by atoms with Crippen LogP contribution >= 0.6 is 0 Å². The third-order valence-corrected chi connectivity index (χ3v) is 7.44. The number of halogens is 3. The Morgan fingerprint density at radius 2 is 1.68 bits per heavy atom. The number of nitrogens with one attached hydrogen (secondary N) is 2. The molecular weight excluding hydrogens is 521 g/mol. The van der Waals surface area contributed by atoms with Crippen LogP contribution in [0.15, 0.2) is 53.4 Å². The number of piperidine rings is 1. The van der Waals surface area contributed by atoms with E-state index in [1.54, 1.807) is 19.2 Å². The van der Waals surface area contributed by atoms with Crippen LogP contribution < -0.4 is 15.5 Å². The molecule has 2 N–H and O–H groups in total. The summed E-state index contributed by atoms with van der Waals surface area (Å²) in [5.74, 6) is 0.463. The van der Waals surface area contributed by atoms with Gasteiger partial charge in [0.15, 0.2) is 15.7 Å². The Labute approximate surface area is 218 Å². The summed E-state index contributed by atoms with van der Waals surface area (Å²) in [6, 6.07) is 11.4. The predicted molar refractivity (Wildman–Crippen MR) is 136 cm³/mol. The van der Waals surface area contributed by atoms with Gasteiger partial charge in [0.2, 0.25) is 17.8 Å². The van der Waals surface area contributed by atoms with Crippen molar-refractivity contribution in [2.75, 3.05) is 36.6 Å². The number of amides is 1. The van der Waals surface area contributed by atoms with Crippen LogP contribution in [0.4, 0.5) is 25.1 Å². The summed E-state index contributed by atoms with van der Waals surface area (Å²) in [6.45, 7) is 0.739. The van der Waals surface area contributed by atoms with Crippen molar-refractivity contribution in [3.63, 3.8) is 0 Å². The maximum Gasteiger partial charge on any atom is 0.416 e. The first-order valence-corrected chi connectivity index (χ1v) is 13.8. The standard InChI is InChI=1S/C25H27F3N6O3S/c1-29-23-31-21(16-7-9-19(10-8-16)38(2,36)37)32-24(33-23)34-13-11-17(12-14-34)22(35)30-15-18-5-3-4-6-20(18)25(26,27)28/h3-10,17H,11-15H2,1-2H3,(H,30,35)(H,29,31,32,33). The van der Waals surface area contributed by atoms with Crippen LogP contribution in [-0.4, -0.2) is 55.7 Å². The second-order valence-electron chi connectivity index (χ2n) is 8.96. The molecule has 0 bridgehead atoms. The van der Waals surface area contributed by atoms with E-state index in [2.05, 4.69) is 25.6 Å². The molecule has 3 aromatic rings. The van der Waals surface area contributed by atoms with Gasteiger partial charge in [-0.15, -0.1) is 0 Å². The van der Waals surface area contributed by atoms with Gasteiger partial charge >= 0.3 is 6.18 Å². The molecule has 2 heterocycles. The zero-order chi connectivity index (χ0) is 27.5. The largest absolute Gasteiger partial charge is 0.416 e. The number of anilines is 2. The van der Waals surface area contributed by atoms with Crippen LogP contribution in [0.3, 0.4) is 0 Å². The summed E-state index contributed by atoms with van der Waals surface area (Å²) in [5, 5.41) is 5.55. The Morgan fingerprint density at radius 3 is 2.29 bits per heavy atom. The lowest BCUT2D eigenvalue weighted by atomic mass is 9.96. The van der Waals surface area contributed by atoms with Crippen LogP contribution in [0.2, 0.25) is 0 Å². The Bertz CT molecular complexity index is 1410. The maximum absolute atomic E-state index is 13.2. The maximum atomic E-state index is 13.2. The number of sulfone groups is 1. The third kappa shape index (κ3) is 6.39. The van der Waals surface area contributed by atoms with Crippen LogP contribution in [0.25, 0.3) is 11.4 Å². The molecule has 1 fully saturated rings. The summed E-state index contributed by atoms with van der Waals surface area (Å²) in [6.07, 6.45) is -2.40. The summed E-state index contributed by atoms with van der Waals surface area (Å²) < 4.78 is 63.2. The number of carbonyl (C=O) groups excluding carboxylic acids is 1. The number of benzene rings is 2. The molecule has 0 aliphatic carbocycles. The second kappa shape index (κ2) is 10.9. The molecule has 4 rings (SSSR count). The van der Waals surface area contributed by atoms with E-state index in [4.69, 9.17) is 0 Å². The van der Waals surface area contributed by atoms with Crippen LogP contribution in [0.1, 0.15) is 24.0 Å². The molecule has 1 aliphatic heterocycles. The van der Waals surface area contributed by atoms with Gasteiger partial charge < -0.3 is 15.5 Å². The Hall–Kier alpha value is -3.74. The van der Waals surface area contributed by atoms with Gasteiger partial charge in [-0.1, -0.05) is 18.2 Å². The van der Waals surface area contributed by atoms with E-state index in [0.717, 1.165) is 12.3 Å². The zero-order valence-corrected chi connectivity index (χ0v) is 21.6. The molecular formula is C25H27F3N6O3S. The van der Waals surface area contributed by atoms with Crippen molar-refractivity contribution >= 4 is 27.6 Å². The molecule has 0 saturated carbocycles. The van der Waals surface area contributed by atoms with Crippen molar-refractivity contribution in [1.29, 1.82) is 0 Å². The van der Waals surface area contributed by atoms with E-state index in [0.29, 0.717) is 49.2 Å². The van der Waals surface area contributed by atoms with Gasteiger partial charge in [-0.25, -0.2) is 8.42 Å². The highest BCUT2D eigenvalue weighted by atomic mass is 32.2. The first-order chi connectivity index (χ1) is 18.0. The fraction of sp³-hybridized carbons (Fsp3) is 0.360. The second-order valence-corrected chi connectivity index (χ2v) is 11.0. The highest BCUT2D eigenvalue weighted by Crippen LogP contribution is 2.32. The number of carbonyl (C=O) groups is 1. The van der Waals surface area contributed by atoms with Gasteiger partial charge in [0, 0.05) is 44.4 Å². The summed E-state index contributed by atoms with van der Waals surface area (Å²) in [7, 11) is -1.67. The number of aromatic nitrogens is 3. The lowest BCUT2D eigenvalue weighted by Gasteiger charge is -2.31. The van der Waals surface area contributed by atoms with Crippen molar-refractivity contribution in [3.8, 4) is 11.4 Å². The van der Waals surface area contributed by atoms with Gasteiger partial charge in [0.05, 0.1) is 10.5 Å². The fourth-order valence-corrected chi connectivity index (χ4v) is 4.85. The van der Waals surface area contributed by atoms with E-state index >= 15 is 0 Å². The van der Waals surface area contributed by atoms with Gasteiger partial charge in [-0.2, -0.15) is 28.1 Å². The number of hydrogen-bond donors (Lipinski definition) is 2. The third-order valence-electron chi connectivity index (χ3n) is 6.31. The molecule has 2 aromatic carbocycles. The Kier molecular flexibility index (Phi) is 7.86. The number of alkyl halides is 3. The molecule has 202 valence electrons. The monoisotopic (exact) mass is 548 g/mol. The molecule has 13 heteroatoms. The molecule has 1 saturated heterocycles. The van der Waals surface area contributed by atoms with Crippen molar-refractivity contribution < 1.29 is 26.4 Å². The average Bonchev–Trinajstić information content (AvgIpc) is 2.90. The van der Waals surface area contributed by atoms with E-state index in [1.165, 1.54) is 30.3 Å². The normalized spacial score (nSPS) is 14.8. The summed E-state index contributed by atoms with van der Waals surface area (Å²) in [4.78, 5) is 28.2. The molecule has 0 radical (unpaired) electrons. The first-order valence-electron chi connectivity index (χ1n) is 11.9. The molecule has 1 aromatic heterocycles. The zero-order valence-electron chi connectivity index (χ0n) is 20.8. The molecule has 1 amide bonds. The Morgan fingerprint density at radius 1 is 1.03 bits per heavy atom. The quantitative estimate of drug-likeness (QED) is 0.461. The van der Waals surface area contributed by atoms with Gasteiger partial charge in [0.25, 0.3) is 0 Å². The molecule has 0 unspecified atom stereocenters. The van der Waals surface area contributed by atoms with Gasteiger partial charge in [-0.3, -0.25) is 4.79 Å². The molecule has 38 heavy (non-hydrogen) atoms. The average molecular weight is 549 g/mol. The smallest absolute Gasteiger partial charge is 0.357 e. The van der Waals surface area contributed by atoms with E-state index in [1.807, 2.05) is 4.90 Å². The van der Waals surface area contributed by atoms with Crippen molar-refractivity contribution in [1.82, 2.24) is 20.3 Å². The van der Waals surface area contributed by atoms with Crippen LogP contribution in [-0.2, 0) is 27.4 Å². The molecule has 0 atom stereocenters. The summed E-state index contributed by atoms with van der Waals surface area (Å²) in [5.41, 5.74) is -0.120. The lowest BCUT2D eigenvalue weighted by Crippen LogP contribution is -2.41. The minimum Gasteiger partial charge on any atom is -0.357 e. The minimum atomic E-state index is -4.49. The van der Waals surface area contributed by atoms with Crippen LogP contribution in [0.5, 0.6) is 0 Å². The number of nitrogens with zero attached hydrogens (tertiary/aromatic N) is 4. The fourth-order valence-electron chi connectivity index (χ4n) is 4.22. The van der Waals surface area contributed by atoms with Gasteiger partial charge in [-0.05, 0) is 48.7 Å². The topological polar surface area (TPSA) is 117 Å². The van der Waals surface area contributed by atoms with Crippen molar-refractivity contribution in [2.45, 2.75) is 30.5 Å². The Balaban J connectivity index is 1.42.